The average Bonchev–Trinajstić information content (AvgIpc) is 2.87. The van der Waals surface area contributed by atoms with Crippen molar-refractivity contribution in [3.8, 4) is 30.4 Å². The summed E-state index contributed by atoms with van der Waals surface area (Å²) in [5.41, 5.74) is 0.206. The van der Waals surface area contributed by atoms with E-state index in [1.165, 1.54) is 6.20 Å². The van der Waals surface area contributed by atoms with Gasteiger partial charge in [-0.2, -0.15) is 0 Å². The molecule has 0 radical (unpaired) electrons. The molecule has 0 aliphatic carbocycles. The Balaban J connectivity index is 1.74. The smallest absolute Gasteiger partial charge is 0.368 e. The van der Waals surface area contributed by atoms with E-state index in [4.69, 9.17) is 41.3 Å². The number of hydrogen-bond acceptors (Lipinski definition) is 10. The van der Waals surface area contributed by atoms with Crippen LogP contribution in [0.15, 0.2) is 6.20 Å². The Morgan fingerprint density at radius 2 is 1.32 bits per heavy atom. The van der Waals surface area contributed by atoms with Gasteiger partial charge in [0.15, 0.2) is 0 Å². The van der Waals surface area contributed by atoms with Crippen LogP contribution in [0.25, 0.3) is 0 Å². The molecule has 2 aliphatic rings. The third-order valence-electron chi connectivity index (χ3n) is 6.21. The van der Waals surface area contributed by atoms with Gasteiger partial charge in [0, 0.05) is 28.2 Å². The molecule has 1 aromatic heterocycles. The van der Waals surface area contributed by atoms with Gasteiger partial charge in [-0.15, -0.1) is 24.7 Å². The molecule has 10 nitrogen and oxygen atoms in total. The maximum atomic E-state index is 13.0. The average molecular weight is 530 g/mol. The fourth-order valence-electron chi connectivity index (χ4n) is 3.74. The number of carbonyl (C=O) groups is 2. The van der Waals surface area contributed by atoms with E-state index >= 15 is 0 Å². The lowest BCUT2D eigenvalue weighted by Crippen LogP contribution is -2.53. The molecule has 0 saturated carbocycles. The first kappa shape index (κ1) is 29.4. The Bertz CT molecular complexity index is 1120. The molecule has 1 N–H and O–H groups in total. The van der Waals surface area contributed by atoms with Gasteiger partial charge in [0.05, 0.1) is 45.0 Å². The summed E-state index contributed by atoms with van der Waals surface area (Å²) in [5, 5.41) is 10.7. The summed E-state index contributed by atoms with van der Waals surface area (Å²) in [6.45, 7) is 9.61. The number of carbonyl (C=O) groups excluding carboxylic acids is 2. The quantitative estimate of drug-likeness (QED) is 0.397. The number of aromatic hydroxyl groups is 1. The molecule has 3 rings (SSSR count). The zero-order valence-corrected chi connectivity index (χ0v) is 22.5. The Kier molecular flexibility index (Phi) is 8.75. The summed E-state index contributed by atoms with van der Waals surface area (Å²) in [6, 6.07) is 0. The number of terminal acetylenes is 2. The molecule has 0 aromatic carbocycles. The topological polar surface area (TPSA) is 123 Å². The minimum absolute atomic E-state index is 0.141. The van der Waals surface area contributed by atoms with Crippen molar-refractivity contribution in [2.24, 2.45) is 10.8 Å². The van der Waals surface area contributed by atoms with Gasteiger partial charge >= 0.3 is 11.9 Å². The van der Waals surface area contributed by atoms with Crippen molar-refractivity contribution in [3.63, 3.8) is 0 Å². The van der Waals surface area contributed by atoms with Crippen molar-refractivity contribution in [2.45, 2.75) is 72.2 Å². The Morgan fingerprint density at radius 3 is 1.74 bits per heavy atom. The number of hydrogen-bond donors (Lipinski definition) is 1. The lowest BCUT2D eigenvalue weighted by molar-refractivity contribution is -0.293. The van der Waals surface area contributed by atoms with Crippen LogP contribution in [0.2, 0.25) is 0 Å². The fourth-order valence-corrected chi connectivity index (χ4v) is 3.74. The predicted octanol–water partition coefficient (Wildman–Crippen LogP) is 2.77. The van der Waals surface area contributed by atoms with Crippen LogP contribution in [-0.2, 0) is 51.2 Å². The van der Waals surface area contributed by atoms with Gasteiger partial charge in [0.2, 0.25) is 0 Å². The molecule has 2 fully saturated rings. The van der Waals surface area contributed by atoms with E-state index in [2.05, 4.69) is 16.8 Å². The summed E-state index contributed by atoms with van der Waals surface area (Å²) < 4.78 is 33.9. The summed E-state index contributed by atoms with van der Waals surface area (Å²) in [4.78, 5) is 30.2. The molecule has 0 spiro atoms. The number of pyridine rings is 1. The summed E-state index contributed by atoms with van der Waals surface area (Å²) in [5.74, 6) is -0.550. The zero-order chi connectivity index (χ0) is 28.2. The predicted molar refractivity (Wildman–Crippen MR) is 134 cm³/mol. The van der Waals surface area contributed by atoms with Crippen LogP contribution in [0.4, 0.5) is 0 Å². The van der Waals surface area contributed by atoms with Gasteiger partial charge < -0.3 is 33.5 Å². The zero-order valence-electron chi connectivity index (χ0n) is 22.5. The van der Waals surface area contributed by atoms with Crippen LogP contribution in [0.1, 0.15) is 57.4 Å². The highest BCUT2D eigenvalue weighted by Gasteiger charge is 2.49. The molecule has 0 atom stereocenters. The molecule has 2 aliphatic heterocycles. The molecule has 0 amide bonds. The van der Waals surface area contributed by atoms with Crippen molar-refractivity contribution >= 4 is 11.9 Å². The second-order valence-electron chi connectivity index (χ2n) is 11.1. The van der Waals surface area contributed by atoms with E-state index in [0.717, 1.165) is 0 Å². The van der Waals surface area contributed by atoms with E-state index in [-0.39, 0.29) is 74.6 Å². The lowest BCUT2D eigenvalue weighted by atomic mass is 9.94. The first-order valence-electron chi connectivity index (χ1n) is 12.2. The number of aromatic nitrogens is 1. The molecule has 10 heteroatoms. The monoisotopic (exact) mass is 529 g/mol. The third kappa shape index (κ3) is 6.46. The largest absolute Gasteiger partial charge is 0.506 e. The molecule has 206 valence electrons. The second kappa shape index (κ2) is 11.3. The highest BCUT2D eigenvalue weighted by molar-refractivity contribution is 5.79. The van der Waals surface area contributed by atoms with Gasteiger partial charge in [0.25, 0.3) is 11.6 Å². The normalized spacial score (nSPS) is 20.9. The molecular formula is C28H35NO9. The van der Waals surface area contributed by atoms with E-state index in [0.29, 0.717) is 11.3 Å². The summed E-state index contributed by atoms with van der Waals surface area (Å²) in [6.07, 6.45) is 12.0. The first-order valence-corrected chi connectivity index (χ1v) is 12.2. The molecular weight excluding hydrogens is 494 g/mol. The standard InChI is InChI=1S/C28H35NO9/c1-8-10-27(35-15-25(4,5)16-36-27)23(31)33-13-20-12-29-19(3)22(30)21(20)14-34-24(32)28(11-9-2)37-17-26(6,7)18-38-28/h1-2,12,30H,10-11,13-18H2,3-7H3. The van der Waals surface area contributed by atoms with Crippen molar-refractivity contribution in [1.29, 1.82) is 0 Å². The minimum Gasteiger partial charge on any atom is -0.506 e. The molecule has 3 heterocycles. The van der Waals surface area contributed by atoms with E-state index in [1.54, 1.807) is 6.92 Å². The van der Waals surface area contributed by atoms with Crippen molar-refractivity contribution in [2.75, 3.05) is 26.4 Å². The van der Waals surface area contributed by atoms with E-state index in [9.17, 15) is 14.7 Å². The second-order valence-corrected chi connectivity index (χ2v) is 11.1. The van der Waals surface area contributed by atoms with Crippen LogP contribution in [-0.4, -0.2) is 60.0 Å². The van der Waals surface area contributed by atoms with Gasteiger partial charge in [-0.25, -0.2) is 9.59 Å². The number of nitrogens with zero attached hydrogens (tertiary/aromatic N) is 1. The van der Waals surface area contributed by atoms with Gasteiger partial charge in [0.1, 0.15) is 19.0 Å². The number of esters is 2. The van der Waals surface area contributed by atoms with Crippen molar-refractivity contribution < 1.29 is 43.1 Å². The fraction of sp³-hybridized carbons (Fsp3) is 0.607. The summed E-state index contributed by atoms with van der Waals surface area (Å²) >= 11 is 0. The van der Waals surface area contributed by atoms with E-state index in [1.807, 2.05) is 27.7 Å². The Hall–Kier alpha value is -3.15. The van der Waals surface area contributed by atoms with Crippen LogP contribution < -0.4 is 0 Å². The van der Waals surface area contributed by atoms with Crippen molar-refractivity contribution in [3.05, 3.63) is 23.0 Å². The van der Waals surface area contributed by atoms with Gasteiger partial charge in [-0.3, -0.25) is 4.98 Å². The maximum Gasteiger partial charge on any atom is 0.368 e. The van der Waals surface area contributed by atoms with Gasteiger partial charge in [-0.05, 0) is 6.92 Å². The summed E-state index contributed by atoms with van der Waals surface area (Å²) in [7, 11) is 0. The first-order chi connectivity index (χ1) is 17.8. The van der Waals surface area contributed by atoms with Crippen LogP contribution in [0.3, 0.4) is 0 Å². The SMILES string of the molecule is C#CCC1(C(=O)OCc2cnc(C)c(O)c2COC(=O)C2(CC#C)OCC(C)(C)CO2)OCC(C)(C)CO1. The third-order valence-corrected chi connectivity index (χ3v) is 6.21. The van der Waals surface area contributed by atoms with Crippen LogP contribution in [0, 0.1) is 42.4 Å². The number of ether oxygens (including phenoxy) is 6. The van der Waals surface area contributed by atoms with Crippen molar-refractivity contribution in [1.82, 2.24) is 4.98 Å². The lowest BCUT2D eigenvalue weighted by Gasteiger charge is -2.40. The molecule has 2 saturated heterocycles. The molecule has 0 unspecified atom stereocenters. The Labute approximate surface area is 223 Å². The highest BCUT2D eigenvalue weighted by Crippen LogP contribution is 2.35. The minimum atomic E-state index is -1.75. The molecule has 0 bridgehead atoms. The maximum absolute atomic E-state index is 13.0. The van der Waals surface area contributed by atoms with E-state index < -0.39 is 23.5 Å². The molecule has 1 aromatic rings. The molecule has 38 heavy (non-hydrogen) atoms. The number of rotatable bonds is 8. The van der Waals surface area contributed by atoms with Gasteiger partial charge in [-0.1, -0.05) is 27.7 Å². The highest BCUT2D eigenvalue weighted by atomic mass is 16.7. The Morgan fingerprint density at radius 1 is 0.895 bits per heavy atom. The van der Waals surface area contributed by atoms with Crippen LogP contribution >= 0.6 is 0 Å². The van der Waals surface area contributed by atoms with Crippen LogP contribution in [0.5, 0.6) is 5.75 Å². The number of aryl methyl sites for hydroxylation is 1.